The Kier molecular flexibility index (Phi) is 7.79. The minimum absolute atomic E-state index is 0.143. The molecule has 1 amide bonds. The summed E-state index contributed by atoms with van der Waals surface area (Å²) in [5.41, 5.74) is 5.40. The maximum atomic E-state index is 12.7. The maximum absolute atomic E-state index is 12.7. The fourth-order valence-electron chi connectivity index (χ4n) is 4.56. The summed E-state index contributed by atoms with van der Waals surface area (Å²) in [5.74, 6) is 1.27. The largest absolute Gasteiger partial charge is 0.368 e. The zero-order chi connectivity index (χ0) is 28.3. The number of aromatic nitrogens is 5. The molecule has 0 spiro atoms. The lowest BCUT2D eigenvalue weighted by Gasteiger charge is -2.33. The Morgan fingerprint density at radius 2 is 1.75 bits per heavy atom. The van der Waals surface area contributed by atoms with Gasteiger partial charge in [-0.1, -0.05) is 12.1 Å². The minimum atomic E-state index is -0.174. The van der Waals surface area contributed by atoms with Crippen molar-refractivity contribution in [2.24, 2.45) is 0 Å². The first-order valence-electron chi connectivity index (χ1n) is 13.6. The van der Waals surface area contributed by atoms with Gasteiger partial charge in [-0.2, -0.15) is 5.10 Å². The number of hydrogen-bond acceptors (Lipinski definition) is 8. The zero-order valence-electron chi connectivity index (χ0n) is 23.8. The molecule has 1 aromatic carbocycles. The maximum Gasteiger partial charge on any atom is 0.254 e. The van der Waals surface area contributed by atoms with E-state index in [0.717, 1.165) is 60.1 Å². The average Bonchev–Trinajstić information content (AvgIpc) is 3.45. The number of likely N-dealkylation sites (N-methyl/N-ethyl adjacent to an activating group) is 1. The first kappa shape index (κ1) is 27.3. The molecule has 4 aromatic rings. The fraction of sp³-hybridized carbons (Fsp3) is 0.367. The predicted octanol–water partition coefficient (Wildman–Crippen LogP) is 4.22. The van der Waals surface area contributed by atoms with Crippen molar-refractivity contribution in [2.75, 3.05) is 43.4 Å². The molecule has 1 aliphatic rings. The van der Waals surface area contributed by atoms with Gasteiger partial charge in [0, 0.05) is 50.6 Å². The van der Waals surface area contributed by atoms with Crippen molar-refractivity contribution in [1.29, 1.82) is 0 Å². The third kappa shape index (κ3) is 6.45. The van der Waals surface area contributed by atoms with E-state index in [4.69, 9.17) is 0 Å². The first-order valence-corrected chi connectivity index (χ1v) is 13.6. The number of hydrogen-bond donors (Lipinski definition) is 2. The molecule has 0 unspecified atom stereocenters. The molecular weight excluding hydrogens is 502 g/mol. The third-order valence-electron chi connectivity index (χ3n) is 7.15. The van der Waals surface area contributed by atoms with Crippen LogP contribution in [-0.4, -0.2) is 68.8 Å². The molecule has 40 heavy (non-hydrogen) atoms. The molecule has 0 atom stereocenters. The number of aryl methyl sites for hydroxylation is 1. The van der Waals surface area contributed by atoms with Gasteiger partial charge in [0.05, 0.1) is 34.9 Å². The lowest BCUT2D eigenvalue weighted by atomic mass is 10.0. The minimum Gasteiger partial charge on any atom is -0.368 e. The molecule has 0 saturated carbocycles. The first-order chi connectivity index (χ1) is 19.2. The zero-order valence-corrected chi connectivity index (χ0v) is 23.8. The highest BCUT2D eigenvalue weighted by Gasteiger charge is 2.17. The number of nitrogens with zero attached hydrogens (tertiary/aromatic N) is 7. The number of amides is 1. The lowest BCUT2D eigenvalue weighted by Crippen LogP contribution is -2.44. The van der Waals surface area contributed by atoms with Gasteiger partial charge in [-0.05, 0) is 64.1 Å². The van der Waals surface area contributed by atoms with Gasteiger partial charge in [-0.15, -0.1) is 0 Å². The van der Waals surface area contributed by atoms with Crippen LogP contribution in [0.5, 0.6) is 0 Å². The highest BCUT2D eigenvalue weighted by molar-refractivity contribution is 5.93. The number of carbonyl (C=O) groups excluding carboxylic acids is 1. The average molecular weight is 540 g/mol. The summed E-state index contributed by atoms with van der Waals surface area (Å²) in [7, 11) is 2.15. The Morgan fingerprint density at radius 1 is 0.950 bits per heavy atom. The smallest absolute Gasteiger partial charge is 0.254 e. The van der Waals surface area contributed by atoms with Gasteiger partial charge >= 0.3 is 0 Å². The Balaban J connectivity index is 1.21. The predicted molar refractivity (Wildman–Crippen MR) is 158 cm³/mol. The molecule has 0 radical (unpaired) electrons. The van der Waals surface area contributed by atoms with Gasteiger partial charge in [-0.25, -0.2) is 15.0 Å². The second-order valence-electron chi connectivity index (χ2n) is 11.3. The van der Waals surface area contributed by atoms with Crippen molar-refractivity contribution in [1.82, 2.24) is 34.9 Å². The molecule has 2 N–H and O–H groups in total. The number of rotatable bonds is 7. The summed E-state index contributed by atoms with van der Waals surface area (Å²) >= 11 is 0. The van der Waals surface area contributed by atoms with Crippen molar-refractivity contribution < 1.29 is 4.79 Å². The lowest BCUT2D eigenvalue weighted by molar-refractivity contribution is 0.0950. The summed E-state index contributed by atoms with van der Waals surface area (Å²) in [4.78, 5) is 30.8. The Morgan fingerprint density at radius 3 is 2.42 bits per heavy atom. The van der Waals surface area contributed by atoms with E-state index in [-0.39, 0.29) is 11.4 Å². The quantitative estimate of drug-likeness (QED) is 0.360. The highest BCUT2D eigenvalue weighted by Crippen LogP contribution is 2.24. The van der Waals surface area contributed by atoms with Crippen LogP contribution in [0, 0.1) is 6.92 Å². The molecule has 0 aliphatic carbocycles. The van der Waals surface area contributed by atoms with Crippen LogP contribution >= 0.6 is 0 Å². The number of carbonyl (C=O) groups is 1. The van der Waals surface area contributed by atoms with E-state index < -0.39 is 0 Å². The van der Waals surface area contributed by atoms with E-state index in [0.29, 0.717) is 17.9 Å². The van der Waals surface area contributed by atoms with E-state index in [1.165, 1.54) is 0 Å². The van der Waals surface area contributed by atoms with Gasteiger partial charge in [0.25, 0.3) is 5.91 Å². The van der Waals surface area contributed by atoms with Crippen molar-refractivity contribution >= 4 is 23.2 Å². The van der Waals surface area contributed by atoms with Crippen LogP contribution in [0.25, 0.3) is 11.3 Å². The highest BCUT2D eigenvalue weighted by atomic mass is 16.1. The number of piperazine rings is 1. The van der Waals surface area contributed by atoms with Crippen LogP contribution in [0.2, 0.25) is 0 Å². The molecule has 5 rings (SSSR count). The van der Waals surface area contributed by atoms with Crippen LogP contribution < -0.4 is 15.5 Å². The molecule has 1 saturated heterocycles. The van der Waals surface area contributed by atoms with E-state index in [2.05, 4.69) is 59.7 Å². The SMILES string of the molecule is Cc1cc(-c2cc(Nc3ccc(N4CCN(C)CC4)cn3)ncn2)ccc1CNC(=O)c1cnn(C(C)(C)C)c1. The number of nitrogens with one attached hydrogen (secondary N) is 2. The van der Waals surface area contributed by atoms with Crippen molar-refractivity contribution in [2.45, 2.75) is 39.8 Å². The van der Waals surface area contributed by atoms with Crippen LogP contribution in [0.1, 0.15) is 42.3 Å². The second-order valence-corrected chi connectivity index (χ2v) is 11.3. The molecule has 4 heterocycles. The van der Waals surface area contributed by atoms with Crippen molar-refractivity contribution in [3.63, 3.8) is 0 Å². The Labute approximate surface area is 235 Å². The topological polar surface area (TPSA) is 104 Å². The van der Waals surface area contributed by atoms with Gasteiger partial charge in [0.1, 0.15) is 18.0 Å². The van der Waals surface area contributed by atoms with E-state index in [1.807, 2.05) is 58.2 Å². The Hall–Kier alpha value is -4.31. The molecule has 1 fully saturated rings. The monoisotopic (exact) mass is 539 g/mol. The molecular formula is C30H37N9O. The molecule has 10 nitrogen and oxygen atoms in total. The van der Waals surface area contributed by atoms with Crippen molar-refractivity contribution in [3.05, 3.63) is 78.0 Å². The summed E-state index contributed by atoms with van der Waals surface area (Å²) in [6, 6.07) is 12.1. The summed E-state index contributed by atoms with van der Waals surface area (Å²) in [6.07, 6.45) is 6.85. The molecule has 10 heteroatoms. The molecule has 3 aromatic heterocycles. The molecule has 208 valence electrons. The van der Waals surface area contributed by atoms with Crippen LogP contribution in [0.3, 0.4) is 0 Å². The number of pyridine rings is 1. The fourth-order valence-corrected chi connectivity index (χ4v) is 4.56. The van der Waals surface area contributed by atoms with Crippen LogP contribution in [-0.2, 0) is 12.1 Å². The number of benzene rings is 1. The standard InChI is InChI=1S/C30H37N9O/c1-21-14-22(6-7-23(21)16-32-29(40)24-17-35-39(19-24)30(2,3)4)26-15-28(34-20-33-26)36-27-9-8-25(18-31-27)38-12-10-37(5)11-13-38/h6-9,14-15,17-20H,10-13,16H2,1-5H3,(H,32,40)(H,31,33,34,36). The van der Waals surface area contributed by atoms with E-state index >= 15 is 0 Å². The van der Waals surface area contributed by atoms with Crippen LogP contribution in [0.15, 0.2) is 61.3 Å². The summed E-state index contributed by atoms with van der Waals surface area (Å²) in [6.45, 7) is 12.7. The second kappa shape index (κ2) is 11.4. The van der Waals surface area contributed by atoms with Crippen LogP contribution in [0.4, 0.5) is 17.3 Å². The normalized spacial score (nSPS) is 14.3. The third-order valence-corrected chi connectivity index (χ3v) is 7.15. The van der Waals surface area contributed by atoms with Crippen molar-refractivity contribution in [3.8, 4) is 11.3 Å². The summed E-state index contributed by atoms with van der Waals surface area (Å²) < 4.78 is 1.80. The van der Waals surface area contributed by atoms with Gasteiger partial charge in [0.15, 0.2) is 0 Å². The Bertz CT molecular complexity index is 1470. The van der Waals surface area contributed by atoms with Gasteiger partial charge < -0.3 is 20.4 Å². The van der Waals surface area contributed by atoms with Gasteiger partial charge in [-0.3, -0.25) is 9.48 Å². The molecule has 0 bridgehead atoms. The summed E-state index contributed by atoms with van der Waals surface area (Å²) in [5, 5.41) is 10.6. The van der Waals surface area contributed by atoms with E-state index in [1.54, 1.807) is 23.4 Å². The van der Waals surface area contributed by atoms with E-state index in [9.17, 15) is 4.79 Å². The molecule has 1 aliphatic heterocycles. The number of anilines is 3. The van der Waals surface area contributed by atoms with Gasteiger partial charge in [0.2, 0.25) is 0 Å².